The van der Waals surface area contributed by atoms with Gasteiger partial charge < -0.3 is 5.11 Å². The Hall–Kier alpha value is -1.60. The van der Waals surface area contributed by atoms with Crippen molar-refractivity contribution in [3.05, 3.63) is 71.8 Å². The van der Waals surface area contributed by atoms with Crippen LogP contribution < -0.4 is 0 Å². The predicted molar refractivity (Wildman–Crippen MR) is 80.0 cm³/mol. The second kappa shape index (κ2) is 5.18. The van der Waals surface area contributed by atoms with Gasteiger partial charge in [0.1, 0.15) is 5.60 Å². The molecule has 2 aromatic carbocycles. The number of hydrogen-bond acceptors (Lipinski definition) is 1. The second-order valence-corrected chi connectivity index (χ2v) is 6.33. The monoisotopic (exact) mass is 254 g/mol. The summed E-state index contributed by atoms with van der Waals surface area (Å²) in [7, 11) is 0. The van der Waals surface area contributed by atoms with Gasteiger partial charge in [-0.2, -0.15) is 0 Å². The van der Waals surface area contributed by atoms with Crippen LogP contribution in [0.25, 0.3) is 0 Å². The molecule has 1 heteroatoms. The molecule has 0 unspecified atom stereocenters. The lowest BCUT2D eigenvalue weighted by Gasteiger charge is -2.35. The fourth-order valence-electron chi connectivity index (χ4n) is 2.57. The molecular weight excluding hydrogens is 232 g/mol. The molecule has 0 aliphatic rings. The van der Waals surface area contributed by atoms with Crippen LogP contribution in [0.4, 0.5) is 0 Å². The minimum atomic E-state index is -0.930. The Morgan fingerprint density at radius 1 is 0.737 bits per heavy atom. The molecule has 0 heterocycles. The van der Waals surface area contributed by atoms with E-state index in [4.69, 9.17) is 0 Å². The fraction of sp³-hybridized carbons (Fsp3) is 0.333. The first-order valence-corrected chi connectivity index (χ1v) is 6.75. The molecule has 0 amide bonds. The van der Waals surface area contributed by atoms with Gasteiger partial charge in [0.25, 0.3) is 0 Å². The summed E-state index contributed by atoms with van der Waals surface area (Å²) in [5, 5.41) is 11.3. The lowest BCUT2D eigenvalue weighted by atomic mass is 9.74. The standard InChI is InChI=1S/C18H22O/c1-17(2,3)14-18(19,15-10-6-4-7-11-15)16-12-8-5-9-13-16/h4-13,19H,14H2,1-3H3. The van der Waals surface area contributed by atoms with Crippen LogP contribution in [0.3, 0.4) is 0 Å². The van der Waals surface area contributed by atoms with E-state index < -0.39 is 5.60 Å². The molecule has 2 aromatic rings. The molecule has 0 fully saturated rings. The predicted octanol–water partition coefficient (Wildman–Crippen LogP) is 4.36. The van der Waals surface area contributed by atoms with Gasteiger partial charge in [-0.25, -0.2) is 0 Å². The molecule has 0 saturated heterocycles. The van der Waals surface area contributed by atoms with Crippen molar-refractivity contribution in [3.8, 4) is 0 Å². The van der Waals surface area contributed by atoms with E-state index >= 15 is 0 Å². The van der Waals surface area contributed by atoms with Crippen LogP contribution in [0.2, 0.25) is 0 Å². The molecule has 0 atom stereocenters. The van der Waals surface area contributed by atoms with Crippen molar-refractivity contribution >= 4 is 0 Å². The average Bonchev–Trinajstić information content (AvgIpc) is 2.39. The van der Waals surface area contributed by atoms with Crippen molar-refractivity contribution in [3.63, 3.8) is 0 Å². The average molecular weight is 254 g/mol. The van der Waals surface area contributed by atoms with E-state index in [9.17, 15) is 5.11 Å². The zero-order valence-electron chi connectivity index (χ0n) is 11.9. The Morgan fingerprint density at radius 3 is 1.42 bits per heavy atom. The van der Waals surface area contributed by atoms with Gasteiger partial charge in [0, 0.05) is 0 Å². The van der Waals surface area contributed by atoms with E-state index in [1.807, 2.05) is 60.7 Å². The highest BCUT2D eigenvalue weighted by Gasteiger charge is 2.35. The molecule has 0 aliphatic heterocycles. The number of benzene rings is 2. The van der Waals surface area contributed by atoms with Crippen molar-refractivity contribution in [2.45, 2.75) is 32.8 Å². The maximum atomic E-state index is 11.3. The molecule has 19 heavy (non-hydrogen) atoms. The van der Waals surface area contributed by atoms with E-state index in [2.05, 4.69) is 20.8 Å². The molecule has 1 N–H and O–H groups in total. The lowest BCUT2D eigenvalue weighted by Crippen LogP contribution is -2.32. The summed E-state index contributed by atoms with van der Waals surface area (Å²) in [6.45, 7) is 6.47. The summed E-state index contributed by atoms with van der Waals surface area (Å²) in [6.07, 6.45) is 0.689. The second-order valence-electron chi connectivity index (χ2n) is 6.33. The maximum Gasteiger partial charge on any atom is 0.115 e. The van der Waals surface area contributed by atoms with Gasteiger partial charge in [0.05, 0.1) is 0 Å². The SMILES string of the molecule is CC(C)(C)CC(O)(c1ccccc1)c1ccccc1. The first-order valence-electron chi connectivity index (χ1n) is 6.75. The van der Waals surface area contributed by atoms with Crippen molar-refractivity contribution in [2.75, 3.05) is 0 Å². The third kappa shape index (κ3) is 3.24. The Labute approximate surface area is 115 Å². The third-order valence-corrected chi connectivity index (χ3v) is 3.29. The summed E-state index contributed by atoms with van der Waals surface area (Å²) < 4.78 is 0. The van der Waals surface area contributed by atoms with E-state index in [1.165, 1.54) is 0 Å². The topological polar surface area (TPSA) is 20.2 Å². The van der Waals surface area contributed by atoms with Crippen LogP contribution in [-0.2, 0) is 5.60 Å². The Morgan fingerprint density at radius 2 is 1.11 bits per heavy atom. The van der Waals surface area contributed by atoms with Gasteiger partial charge in [-0.3, -0.25) is 0 Å². The van der Waals surface area contributed by atoms with Crippen molar-refractivity contribution in [2.24, 2.45) is 5.41 Å². The van der Waals surface area contributed by atoms with Crippen molar-refractivity contribution in [1.29, 1.82) is 0 Å². The zero-order valence-corrected chi connectivity index (χ0v) is 11.9. The van der Waals surface area contributed by atoms with E-state index in [0.29, 0.717) is 6.42 Å². The van der Waals surface area contributed by atoms with E-state index in [1.54, 1.807) is 0 Å². The Balaban J connectivity index is 2.51. The van der Waals surface area contributed by atoms with Crippen molar-refractivity contribution < 1.29 is 5.11 Å². The summed E-state index contributed by atoms with van der Waals surface area (Å²) in [6, 6.07) is 19.9. The van der Waals surface area contributed by atoms with Gasteiger partial charge in [-0.1, -0.05) is 81.4 Å². The summed E-state index contributed by atoms with van der Waals surface area (Å²) in [4.78, 5) is 0. The van der Waals surface area contributed by atoms with Crippen LogP contribution in [0.1, 0.15) is 38.3 Å². The smallest absolute Gasteiger partial charge is 0.115 e. The van der Waals surface area contributed by atoms with Gasteiger partial charge >= 0.3 is 0 Å². The fourth-order valence-corrected chi connectivity index (χ4v) is 2.57. The molecule has 0 aromatic heterocycles. The minimum Gasteiger partial charge on any atom is -0.380 e. The lowest BCUT2D eigenvalue weighted by molar-refractivity contribution is 0.0362. The summed E-state index contributed by atoms with van der Waals surface area (Å²) >= 11 is 0. The first kappa shape index (κ1) is 13.8. The zero-order chi connectivity index (χ0) is 13.9. The largest absolute Gasteiger partial charge is 0.380 e. The normalized spacial score (nSPS) is 12.4. The highest BCUT2D eigenvalue weighted by atomic mass is 16.3. The first-order chi connectivity index (χ1) is 8.92. The molecule has 100 valence electrons. The van der Waals surface area contributed by atoms with Gasteiger partial charge in [0.15, 0.2) is 0 Å². The molecule has 0 spiro atoms. The summed E-state index contributed by atoms with van der Waals surface area (Å²) in [5.74, 6) is 0. The maximum absolute atomic E-state index is 11.3. The van der Waals surface area contributed by atoms with E-state index in [-0.39, 0.29) is 5.41 Å². The highest BCUT2D eigenvalue weighted by molar-refractivity contribution is 5.36. The van der Waals surface area contributed by atoms with Crippen molar-refractivity contribution in [1.82, 2.24) is 0 Å². The Kier molecular flexibility index (Phi) is 3.77. The molecule has 1 nitrogen and oxygen atoms in total. The molecule has 2 rings (SSSR count). The van der Waals surface area contributed by atoms with Crippen LogP contribution in [0.5, 0.6) is 0 Å². The Bertz CT molecular complexity index is 469. The number of rotatable bonds is 3. The molecular formula is C18H22O. The third-order valence-electron chi connectivity index (χ3n) is 3.29. The molecule has 0 saturated carbocycles. The molecule has 0 radical (unpaired) electrons. The number of aliphatic hydroxyl groups is 1. The van der Waals surface area contributed by atoms with Gasteiger partial charge in [0.2, 0.25) is 0 Å². The van der Waals surface area contributed by atoms with Crippen LogP contribution >= 0.6 is 0 Å². The van der Waals surface area contributed by atoms with Crippen LogP contribution in [0.15, 0.2) is 60.7 Å². The van der Waals surface area contributed by atoms with Crippen LogP contribution in [0, 0.1) is 5.41 Å². The van der Waals surface area contributed by atoms with Gasteiger partial charge in [-0.05, 0) is 23.0 Å². The summed E-state index contributed by atoms with van der Waals surface area (Å²) in [5.41, 5.74) is 1.02. The number of hydrogen-bond donors (Lipinski definition) is 1. The minimum absolute atomic E-state index is 0.0421. The van der Waals surface area contributed by atoms with E-state index in [0.717, 1.165) is 11.1 Å². The van der Waals surface area contributed by atoms with Gasteiger partial charge in [-0.15, -0.1) is 0 Å². The molecule has 0 aliphatic carbocycles. The molecule has 0 bridgehead atoms. The quantitative estimate of drug-likeness (QED) is 0.863. The van der Waals surface area contributed by atoms with Crippen LogP contribution in [-0.4, -0.2) is 5.11 Å². The highest BCUT2D eigenvalue weighted by Crippen LogP contribution is 2.39.